The minimum atomic E-state index is -0.430. The lowest BCUT2D eigenvalue weighted by Gasteiger charge is -2.18. The van der Waals surface area contributed by atoms with Gasteiger partial charge >= 0.3 is 0 Å². The third-order valence-electron chi connectivity index (χ3n) is 4.32. The number of rotatable bonds is 3. The van der Waals surface area contributed by atoms with Crippen molar-refractivity contribution in [3.63, 3.8) is 0 Å². The molecule has 0 spiro atoms. The van der Waals surface area contributed by atoms with Crippen LogP contribution in [0.3, 0.4) is 0 Å². The number of imide groups is 1. The van der Waals surface area contributed by atoms with Crippen LogP contribution in [0.1, 0.15) is 18.4 Å². The van der Waals surface area contributed by atoms with E-state index >= 15 is 0 Å². The predicted molar refractivity (Wildman–Crippen MR) is 91.1 cm³/mol. The normalized spacial score (nSPS) is 20.9. The summed E-state index contributed by atoms with van der Waals surface area (Å²) >= 11 is 0.850. The van der Waals surface area contributed by atoms with E-state index in [0.717, 1.165) is 35.1 Å². The Bertz CT molecular complexity index is 785. The number of fused-ring (bicyclic) bond motifs is 1. The zero-order valence-electron chi connectivity index (χ0n) is 13.4. The number of benzene rings is 1. The lowest BCUT2D eigenvalue weighted by atomic mass is 10.2. The van der Waals surface area contributed by atoms with Crippen molar-refractivity contribution in [1.82, 2.24) is 9.80 Å². The van der Waals surface area contributed by atoms with Gasteiger partial charge < -0.3 is 14.4 Å². The van der Waals surface area contributed by atoms with Gasteiger partial charge in [-0.25, -0.2) is 0 Å². The van der Waals surface area contributed by atoms with Crippen LogP contribution in [0.4, 0.5) is 4.79 Å². The molecule has 0 radical (unpaired) electrons. The molecule has 3 heterocycles. The van der Waals surface area contributed by atoms with Gasteiger partial charge in [0.1, 0.15) is 6.54 Å². The first-order chi connectivity index (χ1) is 12.1. The summed E-state index contributed by atoms with van der Waals surface area (Å²) in [5.41, 5.74) is 0.737. The van der Waals surface area contributed by atoms with Crippen LogP contribution in [0.25, 0.3) is 6.08 Å². The highest BCUT2D eigenvalue weighted by molar-refractivity contribution is 8.18. The first kappa shape index (κ1) is 16.0. The third-order valence-corrected chi connectivity index (χ3v) is 5.23. The fourth-order valence-electron chi connectivity index (χ4n) is 2.99. The second-order valence-electron chi connectivity index (χ2n) is 5.97. The molecule has 3 aliphatic heterocycles. The summed E-state index contributed by atoms with van der Waals surface area (Å²) in [6.07, 6.45) is 3.57. The molecule has 3 aliphatic rings. The Balaban J connectivity index is 1.49. The number of carbonyl (C=O) groups is 3. The minimum absolute atomic E-state index is 0.175. The van der Waals surface area contributed by atoms with Crippen molar-refractivity contribution in [3.8, 4) is 11.5 Å². The molecule has 0 N–H and O–H groups in total. The SMILES string of the molecule is O=C(CN1C(=O)S/C(=C/c2ccc3c(c2)OCO3)C1=O)N1CCCC1. The molecule has 25 heavy (non-hydrogen) atoms. The Kier molecular flexibility index (Phi) is 4.12. The van der Waals surface area contributed by atoms with Crippen molar-refractivity contribution in [2.45, 2.75) is 12.8 Å². The lowest BCUT2D eigenvalue weighted by Crippen LogP contribution is -2.40. The molecule has 1 aromatic carbocycles. The maximum Gasteiger partial charge on any atom is 0.294 e. The number of carbonyl (C=O) groups excluding carboxylic acids is 3. The fourth-order valence-corrected chi connectivity index (χ4v) is 3.83. The highest BCUT2D eigenvalue weighted by Gasteiger charge is 2.37. The van der Waals surface area contributed by atoms with Crippen molar-refractivity contribution < 1.29 is 23.9 Å². The lowest BCUT2D eigenvalue weighted by molar-refractivity contribution is -0.135. The highest BCUT2D eigenvalue weighted by atomic mass is 32.2. The van der Waals surface area contributed by atoms with E-state index in [9.17, 15) is 14.4 Å². The van der Waals surface area contributed by atoms with Gasteiger partial charge in [0.2, 0.25) is 12.7 Å². The Labute approximate surface area is 148 Å². The van der Waals surface area contributed by atoms with Gasteiger partial charge in [0.05, 0.1) is 4.91 Å². The quantitative estimate of drug-likeness (QED) is 0.768. The average molecular weight is 360 g/mol. The topological polar surface area (TPSA) is 76.1 Å². The molecule has 4 rings (SSSR count). The Hall–Kier alpha value is -2.48. The monoisotopic (exact) mass is 360 g/mol. The smallest absolute Gasteiger partial charge is 0.294 e. The summed E-state index contributed by atoms with van der Waals surface area (Å²) in [7, 11) is 0. The number of hydrogen-bond donors (Lipinski definition) is 0. The molecule has 0 aliphatic carbocycles. The number of amides is 3. The Morgan fingerprint density at radius 3 is 2.72 bits per heavy atom. The van der Waals surface area contributed by atoms with Gasteiger partial charge in [-0.15, -0.1) is 0 Å². The van der Waals surface area contributed by atoms with E-state index < -0.39 is 11.1 Å². The Morgan fingerprint density at radius 1 is 1.16 bits per heavy atom. The molecule has 0 bridgehead atoms. The minimum Gasteiger partial charge on any atom is -0.454 e. The molecule has 2 fully saturated rings. The van der Waals surface area contributed by atoms with Crippen molar-refractivity contribution in [2.75, 3.05) is 26.4 Å². The van der Waals surface area contributed by atoms with Crippen LogP contribution in [-0.4, -0.2) is 53.3 Å². The molecule has 0 unspecified atom stereocenters. The molecular formula is C17H16N2O5S. The maximum absolute atomic E-state index is 12.5. The Morgan fingerprint density at radius 2 is 1.92 bits per heavy atom. The predicted octanol–water partition coefficient (Wildman–Crippen LogP) is 2.07. The zero-order valence-corrected chi connectivity index (χ0v) is 14.2. The van der Waals surface area contributed by atoms with Gasteiger partial charge in [0.25, 0.3) is 11.1 Å². The number of ether oxygens (including phenoxy) is 2. The van der Waals surface area contributed by atoms with E-state index in [1.165, 1.54) is 0 Å². The van der Waals surface area contributed by atoms with Crippen molar-refractivity contribution in [2.24, 2.45) is 0 Å². The number of hydrogen-bond acceptors (Lipinski definition) is 6. The summed E-state index contributed by atoms with van der Waals surface area (Å²) in [6.45, 7) is 1.38. The van der Waals surface area contributed by atoms with E-state index in [2.05, 4.69) is 0 Å². The average Bonchev–Trinajstić information content (AvgIpc) is 3.32. The van der Waals surface area contributed by atoms with Gasteiger partial charge in [-0.3, -0.25) is 19.3 Å². The molecule has 3 amide bonds. The number of thioether (sulfide) groups is 1. The molecule has 1 aromatic rings. The van der Waals surface area contributed by atoms with Crippen LogP contribution in [0, 0.1) is 0 Å². The molecule has 0 saturated carbocycles. The largest absolute Gasteiger partial charge is 0.454 e. The summed E-state index contributed by atoms with van der Waals surface area (Å²) in [4.78, 5) is 39.9. The van der Waals surface area contributed by atoms with E-state index in [-0.39, 0.29) is 19.2 Å². The van der Waals surface area contributed by atoms with Crippen LogP contribution in [0.2, 0.25) is 0 Å². The van der Waals surface area contributed by atoms with Gasteiger partial charge in [-0.1, -0.05) is 6.07 Å². The molecule has 7 nitrogen and oxygen atoms in total. The summed E-state index contributed by atoms with van der Waals surface area (Å²) < 4.78 is 10.6. The second-order valence-corrected chi connectivity index (χ2v) is 6.96. The van der Waals surface area contributed by atoms with Crippen molar-refractivity contribution in [3.05, 3.63) is 28.7 Å². The highest BCUT2D eigenvalue weighted by Crippen LogP contribution is 2.36. The first-order valence-corrected chi connectivity index (χ1v) is 8.86. The molecule has 8 heteroatoms. The zero-order chi connectivity index (χ0) is 17.4. The summed E-state index contributed by atoms with van der Waals surface area (Å²) in [5.74, 6) is 0.656. The molecule has 0 aromatic heterocycles. The third kappa shape index (κ3) is 3.09. The fraction of sp³-hybridized carbons (Fsp3) is 0.353. The van der Waals surface area contributed by atoms with E-state index in [1.54, 1.807) is 29.2 Å². The van der Waals surface area contributed by atoms with Crippen LogP contribution in [-0.2, 0) is 9.59 Å². The van der Waals surface area contributed by atoms with Gasteiger partial charge in [-0.2, -0.15) is 0 Å². The van der Waals surface area contributed by atoms with Crippen LogP contribution in [0.15, 0.2) is 23.1 Å². The van der Waals surface area contributed by atoms with Crippen molar-refractivity contribution in [1.29, 1.82) is 0 Å². The summed E-state index contributed by atoms with van der Waals surface area (Å²) in [6, 6.07) is 5.30. The second kappa shape index (κ2) is 6.44. The van der Waals surface area contributed by atoms with Crippen LogP contribution in [0.5, 0.6) is 11.5 Å². The molecular weight excluding hydrogens is 344 g/mol. The number of nitrogens with zero attached hydrogens (tertiary/aromatic N) is 2. The maximum atomic E-state index is 12.5. The summed E-state index contributed by atoms with van der Waals surface area (Å²) in [5, 5.41) is -0.412. The van der Waals surface area contributed by atoms with Gasteiger partial charge in [0.15, 0.2) is 11.5 Å². The van der Waals surface area contributed by atoms with Gasteiger partial charge in [0, 0.05) is 13.1 Å². The number of likely N-dealkylation sites (tertiary alicyclic amines) is 1. The van der Waals surface area contributed by atoms with Gasteiger partial charge in [-0.05, 0) is 48.4 Å². The van der Waals surface area contributed by atoms with Crippen LogP contribution >= 0.6 is 11.8 Å². The van der Waals surface area contributed by atoms with Crippen molar-refractivity contribution >= 4 is 34.9 Å². The molecule has 0 atom stereocenters. The standard InChI is InChI=1S/C17H16N2O5S/c20-15(18-5-1-2-6-18)9-19-16(21)14(25-17(19)22)8-11-3-4-12-13(7-11)24-10-23-12/h3-4,7-8H,1-2,5-6,9-10H2/b14-8+. The van der Waals surface area contributed by atoms with E-state index in [4.69, 9.17) is 9.47 Å². The molecule has 130 valence electrons. The van der Waals surface area contributed by atoms with E-state index in [1.807, 2.05) is 0 Å². The van der Waals surface area contributed by atoms with E-state index in [0.29, 0.717) is 29.5 Å². The first-order valence-electron chi connectivity index (χ1n) is 8.04. The van der Waals surface area contributed by atoms with Crippen LogP contribution < -0.4 is 9.47 Å². The molecule has 2 saturated heterocycles.